The summed E-state index contributed by atoms with van der Waals surface area (Å²) in [5, 5.41) is 2.55. The Balaban J connectivity index is 1.96. The minimum Gasteiger partial charge on any atom is -0.329 e. The average Bonchev–Trinajstić information content (AvgIpc) is 3.01. The average molecular weight is 366 g/mol. The van der Waals surface area contributed by atoms with Crippen LogP contribution in [-0.2, 0) is 20.9 Å². The predicted octanol–water partition coefficient (Wildman–Crippen LogP) is 1.90. The molecule has 0 aliphatic carbocycles. The summed E-state index contributed by atoms with van der Waals surface area (Å²) in [5.74, 6) is -1.22. The molecule has 1 aromatic carbocycles. The lowest BCUT2D eigenvalue weighted by atomic mass is 10.1. The van der Waals surface area contributed by atoms with Gasteiger partial charge in [-0.15, -0.1) is 0 Å². The van der Waals surface area contributed by atoms with E-state index in [-0.39, 0.29) is 18.2 Å². The number of amides is 3. The molecule has 1 N–H and O–H groups in total. The highest BCUT2D eigenvalue weighted by Gasteiger charge is 2.31. The van der Waals surface area contributed by atoms with Gasteiger partial charge in [0.1, 0.15) is 12.2 Å². The van der Waals surface area contributed by atoms with E-state index in [4.69, 9.17) is 0 Å². The highest BCUT2D eigenvalue weighted by atomic mass is 16.2. The second kappa shape index (κ2) is 7.57. The molecule has 2 aromatic rings. The van der Waals surface area contributed by atoms with E-state index in [2.05, 4.69) is 10.3 Å². The van der Waals surface area contributed by atoms with Gasteiger partial charge in [0.25, 0.3) is 5.91 Å². The lowest BCUT2D eigenvalue weighted by Crippen LogP contribution is -2.51. The van der Waals surface area contributed by atoms with Gasteiger partial charge in [-0.3, -0.25) is 19.3 Å². The molecule has 0 radical (unpaired) electrons. The van der Waals surface area contributed by atoms with Crippen LogP contribution in [0.2, 0.25) is 0 Å². The van der Waals surface area contributed by atoms with E-state index in [9.17, 15) is 14.4 Å². The van der Waals surface area contributed by atoms with E-state index in [1.54, 1.807) is 12.4 Å². The molecular formula is C20H22N4O3. The summed E-state index contributed by atoms with van der Waals surface area (Å²) in [5.41, 5.74) is 2.76. The predicted molar refractivity (Wildman–Crippen MR) is 100 cm³/mol. The fraction of sp³-hybridized carbons (Fsp3) is 0.300. The van der Waals surface area contributed by atoms with Gasteiger partial charge in [-0.1, -0.05) is 44.2 Å². The molecule has 1 aliphatic heterocycles. The fourth-order valence-electron chi connectivity index (χ4n) is 3.14. The molecule has 2 heterocycles. The highest BCUT2D eigenvalue weighted by molar-refractivity contribution is 6.12. The van der Waals surface area contributed by atoms with Crippen LogP contribution < -0.4 is 5.32 Å². The smallest absolute Gasteiger partial charge is 0.277 e. The number of imidazole rings is 1. The summed E-state index contributed by atoms with van der Waals surface area (Å²) in [4.78, 5) is 41.3. The van der Waals surface area contributed by atoms with Crippen LogP contribution in [0.15, 0.2) is 42.4 Å². The minimum absolute atomic E-state index is 0.0633. The second-order valence-electron chi connectivity index (χ2n) is 6.80. The van der Waals surface area contributed by atoms with E-state index in [0.717, 1.165) is 16.2 Å². The minimum atomic E-state index is -0.519. The van der Waals surface area contributed by atoms with Crippen LogP contribution in [0.25, 0.3) is 6.08 Å². The standard InChI is InChI=1S/C20H22N4O3/c1-13(2)19-16(21-12-23(19)10-15-7-5-4-6-8-15)9-17-20(27)24(14(3)25)11-18(26)22-17/h4-9,12-13H,10-11H2,1-3H3,(H,22,26). The molecule has 0 bridgehead atoms. The maximum Gasteiger partial charge on any atom is 0.277 e. The summed E-state index contributed by atoms with van der Waals surface area (Å²) >= 11 is 0. The second-order valence-corrected chi connectivity index (χ2v) is 6.80. The summed E-state index contributed by atoms with van der Waals surface area (Å²) in [7, 11) is 0. The Morgan fingerprint density at radius 2 is 1.96 bits per heavy atom. The molecule has 7 nitrogen and oxygen atoms in total. The van der Waals surface area contributed by atoms with Crippen LogP contribution in [0.5, 0.6) is 0 Å². The topological polar surface area (TPSA) is 84.3 Å². The molecule has 1 saturated heterocycles. The van der Waals surface area contributed by atoms with E-state index in [1.165, 1.54) is 6.92 Å². The number of carbonyl (C=O) groups is 3. The van der Waals surface area contributed by atoms with Crippen molar-refractivity contribution in [3.8, 4) is 0 Å². The van der Waals surface area contributed by atoms with Gasteiger partial charge in [-0.2, -0.15) is 0 Å². The number of rotatable bonds is 4. The molecule has 3 rings (SSSR count). The van der Waals surface area contributed by atoms with Crippen molar-refractivity contribution in [2.24, 2.45) is 0 Å². The van der Waals surface area contributed by atoms with E-state index >= 15 is 0 Å². The van der Waals surface area contributed by atoms with Gasteiger partial charge >= 0.3 is 0 Å². The monoisotopic (exact) mass is 366 g/mol. The lowest BCUT2D eigenvalue weighted by molar-refractivity contribution is -0.147. The van der Waals surface area contributed by atoms with Crippen LogP contribution in [0.1, 0.15) is 43.6 Å². The Morgan fingerprint density at radius 1 is 1.26 bits per heavy atom. The van der Waals surface area contributed by atoms with Crippen LogP contribution in [0.3, 0.4) is 0 Å². The highest BCUT2D eigenvalue weighted by Crippen LogP contribution is 2.23. The zero-order chi connectivity index (χ0) is 19.6. The van der Waals surface area contributed by atoms with Crippen LogP contribution in [-0.4, -0.2) is 38.7 Å². The SMILES string of the molecule is CC(=O)N1CC(=O)NC(=Cc2ncn(Cc3ccccc3)c2C(C)C)C1=O. The molecule has 0 atom stereocenters. The number of carbonyl (C=O) groups excluding carboxylic acids is 3. The Kier molecular flexibility index (Phi) is 5.21. The number of aromatic nitrogens is 2. The first kappa shape index (κ1) is 18.6. The summed E-state index contributed by atoms with van der Waals surface area (Å²) < 4.78 is 2.03. The van der Waals surface area contributed by atoms with Gasteiger partial charge < -0.3 is 9.88 Å². The molecule has 140 valence electrons. The van der Waals surface area contributed by atoms with E-state index in [0.29, 0.717) is 12.2 Å². The van der Waals surface area contributed by atoms with Gasteiger partial charge in [0.05, 0.1) is 12.0 Å². The third-order valence-corrected chi connectivity index (χ3v) is 4.36. The zero-order valence-corrected chi connectivity index (χ0v) is 15.6. The van der Waals surface area contributed by atoms with Crippen LogP contribution in [0.4, 0.5) is 0 Å². The summed E-state index contributed by atoms with van der Waals surface area (Å²) in [6.45, 7) is 5.75. The molecule has 0 unspecified atom stereocenters. The number of nitrogens with zero attached hydrogens (tertiary/aromatic N) is 3. The Bertz CT molecular complexity index is 913. The quantitative estimate of drug-likeness (QED) is 0.838. The first-order chi connectivity index (χ1) is 12.9. The third-order valence-electron chi connectivity index (χ3n) is 4.36. The number of benzene rings is 1. The molecule has 3 amide bonds. The van der Waals surface area contributed by atoms with Gasteiger partial charge in [0.15, 0.2) is 0 Å². The maximum atomic E-state index is 12.5. The van der Waals surface area contributed by atoms with Crippen molar-refractivity contribution >= 4 is 23.8 Å². The van der Waals surface area contributed by atoms with Gasteiger partial charge in [0.2, 0.25) is 11.8 Å². The molecule has 27 heavy (non-hydrogen) atoms. The Morgan fingerprint density at radius 3 is 2.59 bits per heavy atom. The van der Waals surface area contributed by atoms with Crippen molar-refractivity contribution < 1.29 is 14.4 Å². The Hall–Kier alpha value is -3.22. The van der Waals surface area contributed by atoms with Crippen molar-refractivity contribution in [1.29, 1.82) is 0 Å². The zero-order valence-electron chi connectivity index (χ0n) is 15.6. The largest absolute Gasteiger partial charge is 0.329 e. The van der Waals surface area contributed by atoms with Crippen molar-refractivity contribution in [3.63, 3.8) is 0 Å². The van der Waals surface area contributed by atoms with Gasteiger partial charge in [-0.05, 0) is 17.6 Å². The van der Waals surface area contributed by atoms with Crippen molar-refractivity contribution in [2.75, 3.05) is 6.54 Å². The molecule has 0 spiro atoms. The normalized spacial score (nSPS) is 16.1. The number of hydrogen-bond donors (Lipinski definition) is 1. The molecular weight excluding hydrogens is 344 g/mol. The van der Waals surface area contributed by atoms with Gasteiger partial charge in [-0.25, -0.2) is 4.98 Å². The number of nitrogens with one attached hydrogen (secondary N) is 1. The molecule has 0 saturated carbocycles. The number of imide groups is 1. The summed E-state index contributed by atoms with van der Waals surface area (Å²) in [6.07, 6.45) is 3.28. The molecule has 1 aliphatic rings. The van der Waals surface area contributed by atoms with Crippen molar-refractivity contribution in [2.45, 2.75) is 33.2 Å². The molecule has 7 heteroatoms. The van der Waals surface area contributed by atoms with Crippen molar-refractivity contribution in [1.82, 2.24) is 19.8 Å². The van der Waals surface area contributed by atoms with Crippen LogP contribution in [0, 0.1) is 0 Å². The number of piperazine rings is 1. The van der Waals surface area contributed by atoms with Crippen LogP contribution >= 0.6 is 0 Å². The first-order valence-electron chi connectivity index (χ1n) is 8.79. The number of hydrogen-bond acceptors (Lipinski definition) is 4. The van der Waals surface area contributed by atoms with Gasteiger partial charge in [0, 0.05) is 19.2 Å². The third kappa shape index (κ3) is 3.97. The Labute approximate surface area is 157 Å². The van der Waals surface area contributed by atoms with E-state index in [1.807, 2.05) is 48.7 Å². The first-order valence-corrected chi connectivity index (χ1v) is 8.79. The van der Waals surface area contributed by atoms with Crippen molar-refractivity contribution in [3.05, 3.63) is 59.3 Å². The lowest BCUT2D eigenvalue weighted by Gasteiger charge is -2.25. The maximum absolute atomic E-state index is 12.5. The molecule has 1 aromatic heterocycles. The molecule has 1 fully saturated rings. The van der Waals surface area contributed by atoms with E-state index < -0.39 is 17.7 Å². The summed E-state index contributed by atoms with van der Waals surface area (Å²) in [6, 6.07) is 10.0. The fourth-order valence-corrected chi connectivity index (χ4v) is 3.14.